The molecule has 1 saturated heterocycles. The molecule has 1 atom stereocenters. The van der Waals surface area contributed by atoms with Gasteiger partial charge in [0.1, 0.15) is 5.82 Å². The molecule has 0 spiro atoms. The first-order valence-corrected chi connectivity index (χ1v) is 5.18. The molecule has 0 bridgehead atoms. The van der Waals surface area contributed by atoms with Gasteiger partial charge in [-0.25, -0.2) is 4.98 Å². The van der Waals surface area contributed by atoms with E-state index in [-0.39, 0.29) is 0 Å². The van der Waals surface area contributed by atoms with E-state index < -0.39 is 0 Å². The normalized spacial score (nSPS) is 21.9. The zero-order valence-electron chi connectivity index (χ0n) is 7.87. The summed E-state index contributed by atoms with van der Waals surface area (Å²) >= 11 is 5.85. The minimum absolute atomic E-state index is 0.370. The first-order chi connectivity index (χ1) is 6.84. The van der Waals surface area contributed by atoms with Gasteiger partial charge in [0.15, 0.2) is 0 Å². The van der Waals surface area contributed by atoms with Crippen LogP contribution in [0.5, 0.6) is 0 Å². The third-order valence-corrected chi connectivity index (χ3v) is 2.47. The van der Waals surface area contributed by atoms with Crippen molar-refractivity contribution in [2.24, 2.45) is 0 Å². The molecule has 0 radical (unpaired) electrons. The number of nitrogens with zero attached hydrogens (tertiary/aromatic N) is 1. The van der Waals surface area contributed by atoms with Crippen LogP contribution in [0.25, 0.3) is 0 Å². The van der Waals surface area contributed by atoms with Crippen molar-refractivity contribution in [3.63, 3.8) is 0 Å². The molecule has 3 nitrogen and oxygen atoms in total. The van der Waals surface area contributed by atoms with Gasteiger partial charge >= 0.3 is 0 Å². The molecule has 4 heteroatoms. The highest BCUT2D eigenvalue weighted by molar-refractivity contribution is 6.30. The third kappa shape index (κ3) is 2.59. The minimum atomic E-state index is 0.370. The Morgan fingerprint density at radius 2 is 2.50 bits per heavy atom. The van der Waals surface area contributed by atoms with Crippen LogP contribution < -0.4 is 5.32 Å². The summed E-state index contributed by atoms with van der Waals surface area (Å²) in [6, 6.07) is 3.97. The van der Waals surface area contributed by atoms with Crippen LogP contribution >= 0.6 is 11.6 Å². The van der Waals surface area contributed by atoms with Crippen molar-refractivity contribution in [1.82, 2.24) is 4.98 Å². The van der Waals surface area contributed by atoms with Crippen LogP contribution in [0.1, 0.15) is 12.8 Å². The zero-order chi connectivity index (χ0) is 9.80. The molecule has 14 heavy (non-hydrogen) atoms. The molecule has 2 heterocycles. The van der Waals surface area contributed by atoms with E-state index in [4.69, 9.17) is 16.3 Å². The zero-order valence-corrected chi connectivity index (χ0v) is 8.63. The maximum atomic E-state index is 5.85. The van der Waals surface area contributed by atoms with E-state index in [2.05, 4.69) is 10.3 Å². The highest BCUT2D eigenvalue weighted by Gasteiger charge is 2.13. The topological polar surface area (TPSA) is 34.2 Å². The van der Waals surface area contributed by atoms with Crippen molar-refractivity contribution < 1.29 is 4.74 Å². The Morgan fingerprint density at radius 3 is 3.21 bits per heavy atom. The van der Waals surface area contributed by atoms with Gasteiger partial charge in [-0.3, -0.25) is 0 Å². The second-order valence-corrected chi connectivity index (χ2v) is 3.85. The number of hydrogen-bond donors (Lipinski definition) is 1. The third-order valence-electron chi connectivity index (χ3n) is 2.23. The predicted octanol–water partition coefficient (Wildman–Crippen LogP) is 2.33. The molecular weight excluding hydrogens is 200 g/mol. The lowest BCUT2D eigenvalue weighted by Gasteiger charge is -2.23. The fraction of sp³-hybridized carbons (Fsp3) is 0.500. The largest absolute Gasteiger partial charge is 0.379 e. The number of ether oxygens (including phenoxy) is 1. The summed E-state index contributed by atoms with van der Waals surface area (Å²) in [7, 11) is 0. The van der Waals surface area contributed by atoms with E-state index in [0.29, 0.717) is 11.1 Å². The molecule has 1 fully saturated rings. The number of anilines is 1. The van der Waals surface area contributed by atoms with Gasteiger partial charge in [0.2, 0.25) is 0 Å². The molecule has 0 amide bonds. The molecule has 1 N–H and O–H groups in total. The van der Waals surface area contributed by atoms with Crippen LogP contribution in [-0.4, -0.2) is 24.2 Å². The summed E-state index contributed by atoms with van der Waals surface area (Å²) in [5, 5.41) is 4.01. The Morgan fingerprint density at radius 1 is 1.57 bits per heavy atom. The van der Waals surface area contributed by atoms with Gasteiger partial charge in [-0.05, 0) is 25.0 Å². The Labute approximate surface area is 88.4 Å². The molecule has 0 aromatic carbocycles. The SMILES string of the molecule is Clc1ccnc(NC2CCCOC2)c1. The van der Waals surface area contributed by atoms with Crippen LogP contribution in [0, 0.1) is 0 Å². The van der Waals surface area contributed by atoms with Crippen molar-refractivity contribution in [1.29, 1.82) is 0 Å². The fourth-order valence-corrected chi connectivity index (χ4v) is 1.71. The average Bonchev–Trinajstić information content (AvgIpc) is 2.19. The van der Waals surface area contributed by atoms with Gasteiger partial charge < -0.3 is 10.1 Å². The molecule has 1 aromatic rings. The Bertz CT molecular complexity index is 300. The van der Waals surface area contributed by atoms with Gasteiger partial charge in [-0.1, -0.05) is 11.6 Å². The number of rotatable bonds is 2. The molecule has 2 rings (SSSR count). The second kappa shape index (κ2) is 4.62. The lowest BCUT2D eigenvalue weighted by molar-refractivity contribution is 0.0875. The fourth-order valence-electron chi connectivity index (χ4n) is 1.55. The second-order valence-electron chi connectivity index (χ2n) is 3.42. The molecule has 1 unspecified atom stereocenters. The molecule has 76 valence electrons. The van der Waals surface area contributed by atoms with Crippen LogP contribution in [0.3, 0.4) is 0 Å². The molecule has 0 saturated carbocycles. The lowest BCUT2D eigenvalue weighted by Crippen LogP contribution is -2.30. The van der Waals surface area contributed by atoms with Gasteiger partial charge in [-0.15, -0.1) is 0 Å². The number of nitrogens with one attached hydrogen (secondary N) is 1. The van der Waals surface area contributed by atoms with E-state index in [1.807, 2.05) is 6.07 Å². The molecule has 1 aliphatic rings. The Kier molecular flexibility index (Phi) is 3.22. The first kappa shape index (κ1) is 9.74. The summed E-state index contributed by atoms with van der Waals surface area (Å²) in [6.07, 6.45) is 3.95. The summed E-state index contributed by atoms with van der Waals surface area (Å²) in [5.74, 6) is 0.827. The predicted molar refractivity (Wildman–Crippen MR) is 56.7 cm³/mol. The van der Waals surface area contributed by atoms with E-state index in [1.165, 1.54) is 0 Å². The Balaban J connectivity index is 1.95. The van der Waals surface area contributed by atoms with Gasteiger partial charge in [0.05, 0.1) is 12.6 Å². The maximum Gasteiger partial charge on any atom is 0.127 e. The highest BCUT2D eigenvalue weighted by atomic mass is 35.5. The number of aromatic nitrogens is 1. The number of halogens is 1. The number of hydrogen-bond acceptors (Lipinski definition) is 3. The Hall–Kier alpha value is -0.800. The van der Waals surface area contributed by atoms with Crippen LogP contribution in [0.15, 0.2) is 18.3 Å². The first-order valence-electron chi connectivity index (χ1n) is 4.80. The summed E-state index contributed by atoms with van der Waals surface area (Å²) in [5.41, 5.74) is 0. The van der Waals surface area contributed by atoms with Crippen molar-refractivity contribution in [2.45, 2.75) is 18.9 Å². The number of pyridine rings is 1. The maximum absolute atomic E-state index is 5.85. The summed E-state index contributed by atoms with van der Waals surface area (Å²) in [4.78, 5) is 4.18. The van der Waals surface area contributed by atoms with Crippen molar-refractivity contribution in [2.75, 3.05) is 18.5 Å². The highest BCUT2D eigenvalue weighted by Crippen LogP contribution is 2.15. The quantitative estimate of drug-likeness (QED) is 0.817. The lowest BCUT2D eigenvalue weighted by atomic mass is 10.1. The van der Waals surface area contributed by atoms with Gasteiger partial charge in [0.25, 0.3) is 0 Å². The van der Waals surface area contributed by atoms with Crippen LogP contribution in [0.4, 0.5) is 5.82 Å². The van der Waals surface area contributed by atoms with Gasteiger partial charge in [-0.2, -0.15) is 0 Å². The van der Waals surface area contributed by atoms with Crippen molar-refractivity contribution >= 4 is 17.4 Å². The molecule has 1 aliphatic heterocycles. The molecule has 1 aromatic heterocycles. The van der Waals surface area contributed by atoms with Crippen LogP contribution in [-0.2, 0) is 4.74 Å². The van der Waals surface area contributed by atoms with E-state index in [9.17, 15) is 0 Å². The van der Waals surface area contributed by atoms with Crippen molar-refractivity contribution in [3.8, 4) is 0 Å². The average molecular weight is 213 g/mol. The summed E-state index contributed by atoms with van der Waals surface area (Å²) < 4.78 is 5.36. The van der Waals surface area contributed by atoms with E-state index in [1.54, 1.807) is 12.3 Å². The molecule has 0 aliphatic carbocycles. The summed E-state index contributed by atoms with van der Waals surface area (Å²) in [6.45, 7) is 1.63. The smallest absolute Gasteiger partial charge is 0.127 e. The van der Waals surface area contributed by atoms with Gasteiger partial charge in [0, 0.05) is 17.8 Å². The minimum Gasteiger partial charge on any atom is -0.379 e. The monoisotopic (exact) mass is 212 g/mol. The standard InChI is InChI=1S/C10H13ClN2O/c11-8-3-4-12-10(6-8)13-9-2-1-5-14-7-9/h3-4,6,9H,1-2,5,7H2,(H,12,13). The van der Waals surface area contributed by atoms with Crippen molar-refractivity contribution in [3.05, 3.63) is 23.4 Å². The molecular formula is C10H13ClN2O. The van der Waals surface area contributed by atoms with E-state index >= 15 is 0 Å². The van der Waals surface area contributed by atoms with E-state index in [0.717, 1.165) is 31.9 Å². The van der Waals surface area contributed by atoms with Crippen LogP contribution in [0.2, 0.25) is 5.02 Å².